The molecule has 0 saturated heterocycles. The van der Waals surface area contributed by atoms with Gasteiger partial charge in [0.05, 0.1) is 11.9 Å². The second-order valence-corrected chi connectivity index (χ2v) is 4.78. The lowest BCUT2D eigenvalue weighted by molar-refractivity contribution is 0.0948. The highest BCUT2D eigenvalue weighted by molar-refractivity contribution is 5.97. The van der Waals surface area contributed by atoms with Crippen LogP contribution in [-0.2, 0) is 0 Å². The number of carbonyl (C=O) groups is 1. The Morgan fingerprint density at radius 2 is 2.11 bits per heavy atom. The minimum atomic E-state index is -0.131. The van der Waals surface area contributed by atoms with Gasteiger partial charge in [-0.15, -0.1) is 0 Å². The number of amides is 1. The van der Waals surface area contributed by atoms with Crippen LogP contribution in [0.25, 0.3) is 0 Å². The quantitative estimate of drug-likeness (QED) is 0.743. The van der Waals surface area contributed by atoms with Gasteiger partial charge in [0.25, 0.3) is 5.91 Å². The Balaban J connectivity index is 2.92. The van der Waals surface area contributed by atoms with Crippen molar-refractivity contribution in [2.75, 3.05) is 18.4 Å². The lowest BCUT2D eigenvalue weighted by atomic mass is 10.2. The third-order valence-electron chi connectivity index (χ3n) is 2.72. The fourth-order valence-electron chi connectivity index (χ4n) is 1.63. The van der Waals surface area contributed by atoms with E-state index >= 15 is 0 Å². The topological polar surface area (TPSA) is 66.9 Å². The van der Waals surface area contributed by atoms with Crippen molar-refractivity contribution in [1.82, 2.24) is 15.3 Å². The summed E-state index contributed by atoms with van der Waals surface area (Å²) in [6, 6.07) is 0. The minimum Gasteiger partial charge on any atom is -0.382 e. The molecule has 1 heterocycles. The van der Waals surface area contributed by atoms with Crippen molar-refractivity contribution in [3.05, 3.63) is 17.7 Å². The van der Waals surface area contributed by atoms with Crippen LogP contribution < -0.4 is 10.6 Å². The third-order valence-corrected chi connectivity index (χ3v) is 2.72. The molecule has 19 heavy (non-hydrogen) atoms. The average Bonchev–Trinajstić information content (AvgIpc) is 2.39. The van der Waals surface area contributed by atoms with Gasteiger partial charge in [0.15, 0.2) is 5.69 Å². The molecule has 106 valence electrons. The Bertz CT molecular complexity index is 418. The van der Waals surface area contributed by atoms with Crippen molar-refractivity contribution >= 4 is 11.6 Å². The molecule has 0 spiro atoms. The number of anilines is 1. The predicted octanol–water partition coefficient (Wildman–Crippen LogP) is 2.56. The Labute approximate surface area is 115 Å². The summed E-state index contributed by atoms with van der Waals surface area (Å²) in [6.07, 6.45) is 3.73. The maximum Gasteiger partial charge on any atom is 0.272 e. The zero-order valence-electron chi connectivity index (χ0n) is 12.3. The molecule has 0 aliphatic carbocycles. The Kier molecular flexibility index (Phi) is 6.25. The van der Waals surface area contributed by atoms with Crippen LogP contribution in [0, 0.1) is 0 Å². The van der Waals surface area contributed by atoms with E-state index in [1.165, 1.54) is 0 Å². The second-order valence-electron chi connectivity index (χ2n) is 4.78. The van der Waals surface area contributed by atoms with Gasteiger partial charge in [-0.25, -0.2) is 9.97 Å². The summed E-state index contributed by atoms with van der Waals surface area (Å²) in [6.45, 7) is 9.52. The molecule has 0 aliphatic heterocycles. The van der Waals surface area contributed by atoms with Crippen LogP contribution in [0.15, 0.2) is 6.20 Å². The van der Waals surface area contributed by atoms with Crippen molar-refractivity contribution in [3.8, 4) is 0 Å². The van der Waals surface area contributed by atoms with E-state index in [0.717, 1.165) is 19.4 Å². The minimum absolute atomic E-state index is 0.131. The fraction of sp³-hybridized carbons (Fsp3) is 0.643. The molecule has 0 saturated carbocycles. The molecule has 0 bridgehead atoms. The summed E-state index contributed by atoms with van der Waals surface area (Å²) in [5, 5.41) is 6.02. The van der Waals surface area contributed by atoms with Crippen LogP contribution in [0.4, 0.5) is 5.69 Å². The van der Waals surface area contributed by atoms with Crippen molar-refractivity contribution in [3.63, 3.8) is 0 Å². The van der Waals surface area contributed by atoms with Gasteiger partial charge in [0.2, 0.25) is 0 Å². The van der Waals surface area contributed by atoms with Gasteiger partial charge < -0.3 is 10.6 Å². The smallest absolute Gasteiger partial charge is 0.272 e. The first kappa shape index (κ1) is 15.4. The van der Waals surface area contributed by atoms with Gasteiger partial charge in [-0.05, 0) is 13.3 Å². The average molecular weight is 264 g/mol. The van der Waals surface area contributed by atoms with Crippen LogP contribution in [0.5, 0.6) is 0 Å². The van der Waals surface area contributed by atoms with E-state index in [1.807, 2.05) is 20.8 Å². The molecule has 1 aromatic heterocycles. The van der Waals surface area contributed by atoms with Crippen LogP contribution in [0.1, 0.15) is 62.8 Å². The molecule has 0 aromatic carbocycles. The summed E-state index contributed by atoms with van der Waals surface area (Å²) in [7, 11) is 0. The molecule has 0 fully saturated rings. The third kappa shape index (κ3) is 4.50. The first-order valence-electron chi connectivity index (χ1n) is 6.99. The van der Waals surface area contributed by atoms with Crippen molar-refractivity contribution in [2.45, 2.75) is 46.5 Å². The standard InChI is InChI=1S/C14H24N4O/c1-5-7-8-16-14(19)12-11(15-6-2)9-17-13(18-12)10(3)4/h9-10,15H,5-8H2,1-4H3,(H,16,19). The Hall–Kier alpha value is -1.65. The Morgan fingerprint density at radius 1 is 1.37 bits per heavy atom. The molecule has 1 rings (SSSR count). The normalized spacial score (nSPS) is 10.6. The molecule has 0 atom stereocenters. The largest absolute Gasteiger partial charge is 0.382 e. The number of carbonyl (C=O) groups excluding carboxylic acids is 1. The summed E-state index contributed by atoms with van der Waals surface area (Å²) in [5.41, 5.74) is 1.14. The number of unbranched alkanes of at least 4 members (excludes halogenated alkanes) is 1. The lowest BCUT2D eigenvalue weighted by Crippen LogP contribution is -2.27. The summed E-state index contributed by atoms with van der Waals surface area (Å²) >= 11 is 0. The van der Waals surface area contributed by atoms with Crippen molar-refractivity contribution in [2.24, 2.45) is 0 Å². The second kappa shape index (κ2) is 7.71. The number of aromatic nitrogens is 2. The molecule has 0 radical (unpaired) electrons. The van der Waals surface area contributed by atoms with E-state index in [4.69, 9.17) is 0 Å². The molecular formula is C14H24N4O. The molecule has 2 N–H and O–H groups in total. The summed E-state index contributed by atoms with van der Waals surface area (Å²) in [4.78, 5) is 20.8. The van der Waals surface area contributed by atoms with Gasteiger partial charge in [-0.3, -0.25) is 4.79 Å². The van der Waals surface area contributed by atoms with Crippen molar-refractivity contribution in [1.29, 1.82) is 0 Å². The first-order valence-corrected chi connectivity index (χ1v) is 6.99. The Morgan fingerprint density at radius 3 is 2.68 bits per heavy atom. The van der Waals surface area contributed by atoms with Crippen LogP contribution in [-0.4, -0.2) is 29.0 Å². The fourth-order valence-corrected chi connectivity index (χ4v) is 1.63. The molecule has 1 aromatic rings. The SMILES string of the molecule is CCCCNC(=O)c1nc(C(C)C)ncc1NCC. The van der Waals surface area contributed by atoms with E-state index in [0.29, 0.717) is 23.8 Å². The van der Waals surface area contributed by atoms with E-state index in [2.05, 4.69) is 27.5 Å². The molecule has 5 heteroatoms. The number of hydrogen-bond donors (Lipinski definition) is 2. The number of rotatable bonds is 7. The highest BCUT2D eigenvalue weighted by Crippen LogP contribution is 2.16. The molecular weight excluding hydrogens is 240 g/mol. The lowest BCUT2D eigenvalue weighted by Gasteiger charge is -2.12. The van der Waals surface area contributed by atoms with Gasteiger partial charge in [0, 0.05) is 19.0 Å². The number of nitrogens with one attached hydrogen (secondary N) is 2. The first-order chi connectivity index (χ1) is 9.10. The zero-order valence-corrected chi connectivity index (χ0v) is 12.3. The van der Waals surface area contributed by atoms with E-state index < -0.39 is 0 Å². The molecule has 5 nitrogen and oxygen atoms in total. The van der Waals surface area contributed by atoms with Crippen LogP contribution in [0.2, 0.25) is 0 Å². The predicted molar refractivity (Wildman–Crippen MR) is 77.5 cm³/mol. The monoisotopic (exact) mass is 264 g/mol. The number of nitrogens with zero attached hydrogens (tertiary/aromatic N) is 2. The highest BCUT2D eigenvalue weighted by Gasteiger charge is 2.15. The van der Waals surface area contributed by atoms with Gasteiger partial charge in [-0.2, -0.15) is 0 Å². The maximum absolute atomic E-state index is 12.1. The van der Waals surface area contributed by atoms with Gasteiger partial charge in [-0.1, -0.05) is 27.2 Å². The van der Waals surface area contributed by atoms with Crippen LogP contribution >= 0.6 is 0 Å². The van der Waals surface area contributed by atoms with Crippen molar-refractivity contribution < 1.29 is 4.79 Å². The zero-order chi connectivity index (χ0) is 14.3. The van der Waals surface area contributed by atoms with E-state index in [-0.39, 0.29) is 11.8 Å². The van der Waals surface area contributed by atoms with Gasteiger partial charge in [0.1, 0.15) is 5.82 Å². The molecule has 0 aliphatic rings. The van der Waals surface area contributed by atoms with Gasteiger partial charge >= 0.3 is 0 Å². The van der Waals surface area contributed by atoms with E-state index in [1.54, 1.807) is 6.20 Å². The van der Waals surface area contributed by atoms with E-state index in [9.17, 15) is 4.79 Å². The summed E-state index contributed by atoms with van der Waals surface area (Å²) in [5.74, 6) is 0.772. The summed E-state index contributed by atoms with van der Waals surface area (Å²) < 4.78 is 0. The highest BCUT2D eigenvalue weighted by atomic mass is 16.1. The number of hydrogen-bond acceptors (Lipinski definition) is 4. The maximum atomic E-state index is 12.1. The molecule has 0 unspecified atom stereocenters. The molecule has 1 amide bonds. The van der Waals surface area contributed by atoms with Crippen LogP contribution in [0.3, 0.4) is 0 Å².